The van der Waals surface area contributed by atoms with Gasteiger partial charge in [-0.1, -0.05) is 21.6 Å². The minimum atomic E-state index is -1.03. The van der Waals surface area contributed by atoms with Crippen LogP contribution in [0.2, 0.25) is 0 Å². The summed E-state index contributed by atoms with van der Waals surface area (Å²) in [6.07, 6.45) is 3.26. The number of phenols is 2. The number of aliphatic hydroxyl groups is 5. The Hall–Kier alpha value is -2.10. The molecule has 0 aromatic heterocycles. The van der Waals surface area contributed by atoms with Gasteiger partial charge in [-0.05, 0) is 98.7 Å². The first-order chi connectivity index (χ1) is 21.8. The van der Waals surface area contributed by atoms with Gasteiger partial charge in [-0.15, -0.1) is 0 Å². The number of fused-ring (bicyclic) bond motifs is 1. The fraction of sp³-hybridized carbons (Fsp3) is 0.625. The largest absolute Gasteiger partial charge is 0.504 e. The summed E-state index contributed by atoms with van der Waals surface area (Å²) >= 11 is 0. The first-order valence-electron chi connectivity index (χ1n) is 15.4. The Morgan fingerprint density at radius 2 is 1.62 bits per heavy atom. The molecule has 1 saturated carbocycles. The lowest BCUT2D eigenvalue weighted by Gasteiger charge is -2.30. The number of aromatic hydroxyl groups is 2. The summed E-state index contributed by atoms with van der Waals surface area (Å²) in [6, 6.07) is 6.71. The summed E-state index contributed by atoms with van der Waals surface area (Å²) in [5.41, 5.74) is 2.39. The Morgan fingerprint density at radius 1 is 0.867 bits per heavy atom. The minimum Gasteiger partial charge on any atom is -0.504 e. The standard InChI is InChI=1S/C32H46O11S2/c1-40-29-11-19(12-30(32(29)39)42-18-35)10-24-25(36)14-22(41-17-34)7-6-20-13-28(43-21-4-2-3-5-21)26(37)15-23(20)31(8-9-33)45-44-16-27(24)38/h11-13,15,21-22,24-25,27,31,33-39H,2-10,14,16-18H2,1H3. The molecule has 1 aliphatic heterocycles. The van der Waals surface area contributed by atoms with Gasteiger partial charge in [0.25, 0.3) is 0 Å². The average molecular weight is 671 g/mol. The second-order valence-electron chi connectivity index (χ2n) is 11.5. The summed E-state index contributed by atoms with van der Waals surface area (Å²) < 4.78 is 22.3. The van der Waals surface area contributed by atoms with Crippen molar-refractivity contribution in [1.29, 1.82) is 0 Å². The quantitative estimate of drug-likeness (QED) is 0.136. The topological polar surface area (TPSA) is 179 Å². The van der Waals surface area contributed by atoms with Crippen LogP contribution in [-0.4, -0.2) is 93.2 Å². The van der Waals surface area contributed by atoms with E-state index in [0.717, 1.165) is 36.8 Å². The van der Waals surface area contributed by atoms with Crippen molar-refractivity contribution in [3.8, 4) is 28.7 Å². The van der Waals surface area contributed by atoms with Crippen LogP contribution in [0.3, 0.4) is 0 Å². The number of hydrogen-bond acceptors (Lipinski definition) is 13. The number of aryl methyl sites for hydroxylation is 1. The van der Waals surface area contributed by atoms with Crippen molar-refractivity contribution >= 4 is 21.6 Å². The second kappa shape index (κ2) is 17.7. The summed E-state index contributed by atoms with van der Waals surface area (Å²) in [6.45, 7) is -1.27. The van der Waals surface area contributed by atoms with Gasteiger partial charge in [0.1, 0.15) is 6.79 Å². The van der Waals surface area contributed by atoms with E-state index in [4.69, 9.17) is 18.9 Å². The SMILES string of the molecule is COc1cc(CC2C(O)CSSC(CCO)c3cc(O)c(OC4CCCC4)cc3CCC(OCO)CC2O)cc(OCO)c1O. The highest BCUT2D eigenvalue weighted by Crippen LogP contribution is 2.46. The third-order valence-electron chi connectivity index (χ3n) is 8.53. The molecule has 1 heterocycles. The Balaban J connectivity index is 1.64. The van der Waals surface area contributed by atoms with Gasteiger partial charge < -0.3 is 54.7 Å². The molecule has 0 bridgehead atoms. The van der Waals surface area contributed by atoms with E-state index in [-0.39, 0.29) is 59.6 Å². The molecule has 0 amide bonds. The molecule has 4 rings (SSSR count). The van der Waals surface area contributed by atoms with E-state index in [1.807, 2.05) is 6.07 Å². The van der Waals surface area contributed by atoms with E-state index < -0.39 is 37.8 Å². The molecule has 7 N–H and O–H groups in total. The maximum absolute atomic E-state index is 11.5. The third-order valence-corrected chi connectivity index (χ3v) is 11.4. The van der Waals surface area contributed by atoms with Gasteiger partial charge in [0, 0.05) is 23.5 Å². The first-order valence-corrected chi connectivity index (χ1v) is 17.8. The van der Waals surface area contributed by atoms with E-state index in [9.17, 15) is 35.7 Å². The van der Waals surface area contributed by atoms with Crippen molar-refractivity contribution in [2.45, 2.75) is 87.5 Å². The van der Waals surface area contributed by atoms with Gasteiger partial charge >= 0.3 is 0 Å². The van der Waals surface area contributed by atoms with Crippen LogP contribution in [0.4, 0.5) is 0 Å². The zero-order valence-electron chi connectivity index (χ0n) is 25.5. The summed E-state index contributed by atoms with van der Waals surface area (Å²) in [4.78, 5) is 0. The molecule has 45 heavy (non-hydrogen) atoms. The Bertz CT molecular complexity index is 1210. The molecule has 5 atom stereocenters. The molecule has 2 aliphatic rings. The van der Waals surface area contributed by atoms with Gasteiger partial charge in [0.05, 0.1) is 31.5 Å². The second-order valence-corrected chi connectivity index (χ2v) is 14.2. The lowest BCUT2D eigenvalue weighted by atomic mass is 9.85. The molecule has 13 heteroatoms. The predicted octanol–water partition coefficient (Wildman–Crippen LogP) is 3.81. The number of aliphatic hydroxyl groups excluding tert-OH is 5. The summed E-state index contributed by atoms with van der Waals surface area (Å²) in [7, 11) is 4.30. The average Bonchev–Trinajstić information content (AvgIpc) is 3.53. The molecule has 11 nitrogen and oxygen atoms in total. The molecular formula is C32H46O11S2. The Kier molecular flexibility index (Phi) is 14.1. The van der Waals surface area contributed by atoms with Gasteiger partial charge in [-0.25, -0.2) is 0 Å². The highest BCUT2D eigenvalue weighted by molar-refractivity contribution is 8.76. The van der Waals surface area contributed by atoms with Gasteiger partial charge in [-0.2, -0.15) is 0 Å². The third kappa shape index (κ3) is 9.71. The molecule has 2 aromatic rings. The van der Waals surface area contributed by atoms with Crippen LogP contribution in [0.1, 0.15) is 66.9 Å². The van der Waals surface area contributed by atoms with Crippen LogP contribution < -0.4 is 14.2 Å². The predicted molar refractivity (Wildman–Crippen MR) is 172 cm³/mol. The Labute approximate surface area is 271 Å². The molecule has 5 unspecified atom stereocenters. The van der Waals surface area contributed by atoms with Gasteiger partial charge in [0.2, 0.25) is 5.75 Å². The smallest absolute Gasteiger partial charge is 0.200 e. The fourth-order valence-electron chi connectivity index (χ4n) is 6.14. The van der Waals surface area contributed by atoms with Crippen LogP contribution in [0.5, 0.6) is 28.7 Å². The zero-order chi connectivity index (χ0) is 32.3. The lowest BCUT2D eigenvalue weighted by molar-refractivity contribution is -0.0808. The van der Waals surface area contributed by atoms with Crippen molar-refractivity contribution in [1.82, 2.24) is 0 Å². The normalized spacial score (nSPS) is 25.1. The summed E-state index contributed by atoms with van der Waals surface area (Å²) in [5.74, 6) is -0.0863. The highest BCUT2D eigenvalue weighted by atomic mass is 33.1. The van der Waals surface area contributed by atoms with Crippen LogP contribution in [0, 0.1) is 5.92 Å². The van der Waals surface area contributed by atoms with Crippen LogP contribution in [-0.2, 0) is 17.6 Å². The van der Waals surface area contributed by atoms with Gasteiger partial charge in [-0.3, -0.25) is 0 Å². The molecule has 0 spiro atoms. The number of hydrogen-bond donors (Lipinski definition) is 7. The molecule has 1 aliphatic carbocycles. The number of ether oxygens (including phenoxy) is 4. The summed E-state index contributed by atoms with van der Waals surface area (Å²) in [5, 5.41) is 72.9. The van der Waals surface area contributed by atoms with Crippen molar-refractivity contribution in [3.05, 3.63) is 41.0 Å². The van der Waals surface area contributed by atoms with Crippen LogP contribution in [0.25, 0.3) is 0 Å². The Morgan fingerprint density at radius 3 is 2.31 bits per heavy atom. The first kappa shape index (κ1) is 35.7. The van der Waals surface area contributed by atoms with Crippen molar-refractivity contribution < 1.29 is 54.7 Å². The van der Waals surface area contributed by atoms with Crippen LogP contribution in [0.15, 0.2) is 24.3 Å². The molecule has 0 saturated heterocycles. The number of benzene rings is 2. The van der Waals surface area contributed by atoms with Gasteiger partial charge in [0.15, 0.2) is 29.8 Å². The van der Waals surface area contributed by atoms with E-state index in [1.54, 1.807) is 12.1 Å². The minimum absolute atomic E-state index is 0.0102. The maximum atomic E-state index is 11.5. The zero-order valence-corrected chi connectivity index (χ0v) is 27.2. The van der Waals surface area contributed by atoms with Crippen molar-refractivity contribution in [2.24, 2.45) is 5.92 Å². The maximum Gasteiger partial charge on any atom is 0.200 e. The fourth-order valence-corrected chi connectivity index (χ4v) is 9.04. The van der Waals surface area contributed by atoms with E-state index >= 15 is 0 Å². The molecular weight excluding hydrogens is 624 g/mol. The molecule has 252 valence electrons. The molecule has 0 radical (unpaired) electrons. The van der Waals surface area contributed by atoms with E-state index in [2.05, 4.69) is 0 Å². The number of methoxy groups -OCH3 is 1. The monoisotopic (exact) mass is 670 g/mol. The van der Waals surface area contributed by atoms with E-state index in [0.29, 0.717) is 30.6 Å². The van der Waals surface area contributed by atoms with E-state index in [1.165, 1.54) is 34.8 Å². The molecule has 1 fully saturated rings. The number of phenolic OH excluding ortho intramolecular Hbond substituents is 2. The van der Waals surface area contributed by atoms with Crippen molar-refractivity contribution in [3.63, 3.8) is 0 Å². The highest BCUT2D eigenvalue weighted by Gasteiger charge is 2.32. The lowest BCUT2D eigenvalue weighted by Crippen LogP contribution is -2.38. The van der Waals surface area contributed by atoms with Crippen molar-refractivity contribution in [2.75, 3.05) is 33.1 Å². The number of rotatable bonds is 11. The molecule has 2 aromatic carbocycles. The van der Waals surface area contributed by atoms with Crippen LogP contribution >= 0.6 is 21.6 Å².